The van der Waals surface area contributed by atoms with E-state index in [0.29, 0.717) is 0 Å². The third kappa shape index (κ3) is 1.39. The van der Waals surface area contributed by atoms with Crippen LogP contribution in [-0.4, -0.2) is 36.9 Å². The molecule has 2 saturated heterocycles. The molecule has 0 aromatic heterocycles. The van der Waals surface area contributed by atoms with Crippen molar-refractivity contribution in [2.45, 2.75) is 26.7 Å². The van der Waals surface area contributed by atoms with E-state index in [-0.39, 0.29) is 23.7 Å². The number of imide groups is 1. The molecule has 2 aliphatic rings. The van der Waals surface area contributed by atoms with Crippen LogP contribution in [-0.2, 0) is 9.59 Å². The summed E-state index contributed by atoms with van der Waals surface area (Å²) in [5.41, 5.74) is -0.411. The van der Waals surface area contributed by atoms with Gasteiger partial charge in [-0.1, -0.05) is 13.8 Å². The van der Waals surface area contributed by atoms with Gasteiger partial charge in [0.05, 0.1) is 11.3 Å². The van der Waals surface area contributed by atoms with Crippen molar-refractivity contribution in [3.8, 4) is 0 Å². The second kappa shape index (κ2) is 3.84. The molecule has 2 amide bonds. The first-order valence-corrected chi connectivity index (χ1v) is 6.03. The van der Waals surface area contributed by atoms with E-state index in [4.69, 9.17) is 0 Å². The van der Waals surface area contributed by atoms with Gasteiger partial charge >= 0.3 is 0 Å². The van der Waals surface area contributed by atoms with Gasteiger partial charge in [0.1, 0.15) is 0 Å². The highest BCUT2D eigenvalue weighted by molar-refractivity contribution is 6.07. The van der Waals surface area contributed by atoms with Gasteiger partial charge in [0.15, 0.2) is 0 Å². The van der Waals surface area contributed by atoms with Crippen LogP contribution in [0.15, 0.2) is 0 Å². The van der Waals surface area contributed by atoms with Gasteiger partial charge in [0.25, 0.3) is 0 Å². The molecule has 2 fully saturated rings. The molecular formula is C12H20N2O2. The molecule has 2 aliphatic heterocycles. The van der Waals surface area contributed by atoms with Gasteiger partial charge in [0, 0.05) is 7.05 Å². The van der Waals surface area contributed by atoms with Gasteiger partial charge in [-0.3, -0.25) is 14.5 Å². The van der Waals surface area contributed by atoms with Crippen molar-refractivity contribution >= 4 is 11.8 Å². The van der Waals surface area contributed by atoms with Gasteiger partial charge < -0.3 is 5.32 Å². The second-order valence-electron chi connectivity index (χ2n) is 5.33. The van der Waals surface area contributed by atoms with E-state index in [1.165, 1.54) is 4.90 Å². The van der Waals surface area contributed by atoms with Crippen LogP contribution in [0.3, 0.4) is 0 Å². The molecule has 90 valence electrons. The lowest BCUT2D eigenvalue weighted by Crippen LogP contribution is -2.46. The van der Waals surface area contributed by atoms with Crippen molar-refractivity contribution in [1.82, 2.24) is 10.2 Å². The molecular weight excluding hydrogens is 204 g/mol. The fourth-order valence-electron chi connectivity index (χ4n) is 3.33. The van der Waals surface area contributed by atoms with Crippen LogP contribution < -0.4 is 5.32 Å². The van der Waals surface area contributed by atoms with E-state index in [1.54, 1.807) is 7.05 Å². The summed E-state index contributed by atoms with van der Waals surface area (Å²) >= 11 is 0. The Morgan fingerprint density at radius 2 is 1.88 bits per heavy atom. The predicted molar refractivity (Wildman–Crippen MR) is 60.6 cm³/mol. The Bertz CT molecular complexity index is 319. The summed E-state index contributed by atoms with van der Waals surface area (Å²) in [5.74, 6) is 0.172. The van der Waals surface area contributed by atoms with Crippen molar-refractivity contribution in [2.75, 3.05) is 20.1 Å². The topological polar surface area (TPSA) is 49.4 Å². The van der Waals surface area contributed by atoms with E-state index in [1.807, 2.05) is 13.8 Å². The molecule has 4 nitrogen and oxygen atoms in total. The maximum Gasteiger partial charge on any atom is 0.236 e. The molecule has 1 atom stereocenters. The van der Waals surface area contributed by atoms with Crippen molar-refractivity contribution in [3.63, 3.8) is 0 Å². The second-order valence-corrected chi connectivity index (χ2v) is 5.33. The lowest BCUT2D eigenvalue weighted by atomic mass is 9.66. The molecule has 0 aromatic carbocycles. The summed E-state index contributed by atoms with van der Waals surface area (Å²) in [7, 11) is 1.62. The SMILES string of the molecule is CC(C)C1C(=O)N(C)C(=O)C12CCNCC2. The summed E-state index contributed by atoms with van der Waals surface area (Å²) < 4.78 is 0. The maximum atomic E-state index is 12.3. The quantitative estimate of drug-likeness (QED) is 0.665. The summed E-state index contributed by atoms with van der Waals surface area (Å²) in [4.78, 5) is 25.7. The van der Waals surface area contributed by atoms with E-state index < -0.39 is 5.41 Å². The Morgan fingerprint density at radius 3 is 2.38 bits per heavy atom. The van der Waals surface area contributed by atoms with Gasteiger partial charge in [-0.15, -0.1) is 0 Å². The Hall–Kier alpha value is -0.900. The Kier molecular flexibility index (Phi) is 2.78. The van der Waals surface area contributed by atoms with Gasteiger partial charge in [-0.25, -0.2) is 0 Å². The minimum Gasteiger partial charge on any atom is -0.317 e. The largest absolute Gasteiger partial charge is 0.317 e. The molecule has 2 heterocycles. The number of amides is 2. The average molecular weight is 224 g/mol. The third-order valence-corrected chi connectivity index (χ3v) is 4.08. The Morgan fingerprint density at radius 1 is 1.31 bits per heavy atom. The summed E-state index contributed by atoms with van der Waals surface area (Å²) in [6.45, 7) is 5.77. The highest BCUT2D eigenvalue weighted by Crippen LogP contribution is 2.47. The zero-order chi connectivity index (χ0) is 11.9. The first-order valence-electron chi connectivity index (χ1n) is 6.03. The molecule has 16 heavy (non-hydrogen) atoms. The normalized spacial score (nSPS) is 29.5. The van der Waals surface area contributed by atoms with Crippen LogP contribution in [0.4, 0.5) is 0 Å². The average Bonchev–Trinajstić information content (AvgIpc) is 2.43. The number of hydrogen-bond donors (Lipinski definition) is 1. The third-order valence-electron chi connectivity index (χ3n) is 4.08. The number of carbonyl (C=O) groups excluding carboxylic acids is 2. The number of hydrogen-bond acceptors (Lipinski definition) is 3. The summed E-state index contributed by atoms with van der Waals surface area (Å²) in [5, 5.41) is 3.26. The van der Waals surface area contributed by atoms with Gasteiger partial charge in [-0.2, -0.15) is 0 Å². The lowest BCUT2D eigenvalue weighted by molar-refractivity contribution is -0.140. The van der Waals surface area contributed by atoms with E-state index in [0.717, 1.165) is 25.9 Å². The molecule has 1 N–H and O–H groups in total. The van der Waals surface area contributed by atoms with Crippen LogP contribution in [0.1, 0.15) is 26.7 Å². The smallest absolute Gasteiger partial charge is 0.236 e. The fraction of sp³-hybridized carbons (Fsp3) is 0.833. The highest BCUT2D eigenvalue weighted by Gasteiger charge is 2.58. The predicted octanol–water partition coefficient (Wildman–Crippen LogP) is 0.627. The van der Waals surface area contributed by atoms with E-state index >= 15 is 0 Å². The fourth-order valence-corrected chi connectivity index (χ4v) is 3.33. The number of carbonyl (C=O) groups is 2. The number of nitrogens with one attached hydrogen (secondary N) is 1. The number of nitrogens with zero attached hydrogens (tertiary/aromatic N) is 1. The molecule has 4 heteroatoms. The van der Waals surface area contributed by atoms with Crippen molar-refractivity contribution < 1.29 is 9.59 Å². The first-order chi connectivity index (χ1) is 7.50. The van der Waals surface area contributed by atoms with Crippen LogP contribution in [0.2, 0.25) is 0 Å². The minimum atomic E-state index is -0.411. The van der Waals surface area contributed by atoms with Crippen molar-refractivity contribution in [1.29, 1.82) is 0 Å². The van der Waals surface area contributed by atoms with Crippen molar-refractivity contribution in [2.24, 2.45) is 17.3 Å². The summed E-state index contributed by atoms with van der Waals surface area (Å²) in [6, 6.07) is 0. The first kappa shape index (κ1) is 11.6. The number of rotatable bonds is 1. The van der Waals surface area contributed by atoms with Crippen LogP contribution >= 0.6 is 0 Å². The maximum absolute atomic E-state index is 12.3. The zero-order valence-electron chi connectivity index (χ0n) is 10.2. The number of piperidine rings is 1. The Balaban J connectivity index is 2.39. The molecule has 0 bridgehead atoms. The molecule has 0 saturated carbocycles. The zero-order valence-corrected chi connectivity index (χ0v) is 10.2. The van der Waals surface area contributed by atoms with Crippen LogP contribution in [0.5, 0.6) is 0 Å². The molecule has 2 rings (SSSR count). The highest BCUT2D eigenvalue weighted by atomic mass is 16.2. The lowest BCUT2D eigenvalue weighted by Gasteiger charge is -2.37. The Labute approximate surface area is 96.4 Å². The summed E-state index contributed by atoms with van der Waals surface area (Å²) in [6.07, 6.45) is 1.59. The molecule has 0 radical (unpaired) electrons. The van der Waals surface area contributed by atoms with E-state index in [9.17, 15) is 9.59 Å². The monoisotopic (exact) mass is 224 g/mol. The van der Waals surface area contributed by atoms with E-state index in [2.05, 4.69) is 5.32 Å². The van der Waals surface area contributed by atoms with Gasteiger partial charge in [0.2, 0.25) is 11.8 Å². The standard InChI is InChI=1S/C12H20N2O2/c1-8(2)9-10(15)14(3)11(16)12(9)4-6-13-7-5-12/h8-9,13H,4-7H2,1-3H3. The minimum absolute atomic E-state index is 0.0156. The molecule has 0 aliphatic carbocycles. The van der Waals surface area contributed by atoms with Gasteiger partial charge in [-0.05, 0) is 31.8 Å². The molecule has 1 unspecified atom stereocenters. The van der Waals surface area contributed by atoms with Crippen molar-refractivity contribution in [3.05, 3.63) is 0 Å². The molecule has 0 aromatic rings. The number of likely N-dealkylation sites (tertiary alicyclic amines) is 1. The van der Waals surface area contributed by atoms with Crippen LogP contribution in [0, 0.1) is 17.3 Å². The molecule has 1 spiro atoms. The van der Waals surface area contributed by atoms with Crippen LogP contribution in [0.25, 0.3) is 0 Å².